The fourth-order valence-electron chi connectivity index (χ4n) is 1.60. The van der Waals surface area contributed by atoms with Crippen LogP contribution in [0.5, 0.6) is 0 Å². The first-order chi connectivity index (χ1) is 8.77. The van der Waals surface area contributed by atoms with Crippen molar-refractivity contribution in [2.24, 2.45) is 5.11 Å². The van der Waals surface area contributed by atoms with E-state index in [-0.39, 0.29) is 5.91 Å². The van der Waals surface area contributed by atoms with E-state index in [1.165, 1.54) is 0 Å². The predicted octanol–water partition coefficient (Wildman–Crippen LogP) is 3.17. The zero-order valence-corrected chi connectivity index (χ0v) is 10.5. The fourth-order valence-corrected chi connectivity index (χ4v) is 1.60. The highest BCUT2D eigenvalue weighted by Gasteiger charge is 2.15. The molecule has 0 radical (unpaired) electrons. The average molecular weight is 246 g/mol. The fraction of sp³-hybridized carbons (Fsp3) is 0.462. The Bertz CT molecular complexity index is 412. The number of hydrogen-bond donors (Lipinski definition) is 1. The first-order valence-corrected chi connectivity index (χ1v) is 6.13. The van der Waals surface area contributed by atoms with E-state index in [4.69, 9.17) is 5.53 Å². The molecule has 0 aromatic heterocycles. The quantitative estimate of drug-likeness (QED) is 0.447. The van der Waals surface area contributed by atoms with Crippen LogP contribution in [-0.4, -0.2) is 11.9 Å². The van der Waals surface area contributed by atoms with Crippen molar-refractivity contribution in [1.29, 1.82) is 0 Å². The molecule has 1 aromatic rings. The van der Waals surface area contributed by atoms with Crippen LogP contribution in [0.4, 0.5) is 0 Å². The lowest BCUT2D eigenvalue weighted by Gasteiger charge is -2.11. The summed E-state index contributed by atoms with van der Waals surface area (Å²) in [4.78, 5) is 14.6. The lowest BCUT2D eigenvalue weighted by Crippen LogP contribution is -2.32. The maximum Gasteiger partial charge on any atom is 0.229 e. The summed E-state index contributed by atoms with van der Waals surface area (Å²) in [5.74, 6) is -0.204. The molecule has 1 rings (SSSR count). The average Bonchev–Trinajstić information content (AvgIpc) is 2.42. The number of nitrogens with one attached hydrogen (secondary N) is 1. The molecule has 1 atom stereocenters. The molecule has 96 valence electrons. The Balaban J connectivity index is 2.48. The summed E-state index contributed by atoms with van der Waals surface area (Å²) < 4.78 is 0. The second-order valence-electron chi connectivity index (χ2n) is 4.07. The monoisotopic (exact) mass is 246 g/mol. The van der Waals surface area contributed by atoms with Crippen LogP contribution in [0, 0.1) is 0 Å². The summed E-state index contributed by atoms with van der Waals surface area (Å²) in [6.45, 7) is 2.50. The van der Waals surface area contributed by atoms with Gasteiger partial charge in [0.15, 0.2) is 0 Å². The van der Waals surface area contributed by atoms with Crippen LogP contribution in [-0.2, 0) is 11.3 Å². The third-order valence-electron chi connectivity index (χ3n) is 2.63. The largest absolute Gasteiger partial charge is 0.352 e. The lowest BCUT2D eigenvalue weighted by molar-refractivity contribution is -0.122. The molecule has 5 heteroatoms. The van der Waals surface area contributed by atoms with Gasteiger partial charge in [0.25, 0.3) is 0 Å². The van der Waals surface area contributed by atoms with Crippen molar-refractivity contribution >= 4 is 5.91 Å². The minimum atomic E-state index is -0.598. The van der Waals surface area contributed by atoms with Crippen molar-refractivity contribution in [3.05, 3.63) is 46.3 Å². The lowest BCUT2D eigenvalue weighted by atomic mass is 10.1. The normalized spacial score (nSPS) is 11.4. The number of rotatable bonds is 7. The second kappa shape index (κ2) is 8.14. The number of hydrogen-bond acceptors (Lipinski definition) is 2. The topological polar surface area (TPSA) is 77.9 Å². The highest BCUT2D eigenvalue weighted by atomic mass is 16.2. The summed E-state index contributed by atoms with van der Waals surface area (Å²) >= 11 is 0. The molecular weight excluding hydrogens is 228 g/mol. The standard InChI is InChI=1S/C13H18N4O/c1-2-3-9-12(16-17-14)13(18)15-10-11-7-5-4-6-8-11/h4-8,12H,2-3,9-10H2,1H3,(H,15,18). The van der Waals surface area contributed by atoms with Gasteiger partial charge < -0.3 is 5.32 Å². The Hall–Kier alpha value is -2.00. The van der Waals surface area contributed by atoms with Crippen LogP contribution < -0.4 is 5.32 Å². The zero-order chi connectivity index (χ0) is 13.2. The molecule has 0 saturated carbocycles. The minimum absolute atomic E-state index is 0.204. The van der Waals surface area contributed by atoms with E-state index in [0.717, 1.165) is 18.4 Å². The van der Waals surface area contributed by atoms with Gasteiger partial charge >= 0.3 is 0 Å². The van der Waals surface area contributed by atoms with Crippen molar-refractivity contribution in [3.63, 3.8) is 0 Å². The third-order valence-corrected chi connectivity index (χ3v) is 2.63. The van der Waals surface area contributed by atoms with E-state index in [9.17, 15) is 4.79 Å². The van der Waals surface area contributed by atoms with E-state index in [1.807, 2.05) is 37.3 Å². The van der Waals surface area contributed by atoms with Crippen molar-refractivity contribution < 1.29 is 4.79 Å². The van der Waals surface area contributed by atoms with E-state index in [1.54, 1.807) is 0 Å². The highest BCUT2D eigenvalue weighted by molar-refractivity contribution is 5.81. The van der Waals surface area contributed by atoms with Gasteiger partial charge in [-0.1, -0.05) is 55.2 Å². The molecule has 1 amide bonds. The number of nitrogens with zero attached hydrogens (tertiary/aromatic N) is 3. The van der Waals surface area contributed by atoms with Gasteiger partial charge in [0.05, 0.1) is 0 Å². The van der Waals surface area contributed by atoms with Gasteiger partial charge in [-0.25, -0.2) is 0 Å². The predicted molar refractivity (Wildman–Crippen MR) is 70.7 cm³/mol. The molecule has 0 aliphatic rings. The van der Waals surface area contributed by atoms with Crippen molar-refractivity contribution in [2.45, 2.75) is 38.8 Å². The van der Waals surface area contributed by atoms with Crippen molar-refractivity contribution in [1.82, 2.24) is 5.32 Å². The SMILES string of the molecule is CCCCC(N=[N+]=[N-])C(=O)NCc1ccccc1. The number of unbranched alkanes of at least 4 members (excludes halogenated alkanes) is 1. The van der Waals surface area contributed by atoms with Gasteiger partial charge in [-0.3, -0.25) is 4.79 Å². The van der Waals surface area contributed by atoms with Gasteiger partial charge in [-0.15, -0.1) is 0 Å². The molecule has 0 aliphatic heterocycles. The van der Waals surface area contributed by atoms with Crippen LogP contribution in [0.3, 0.4) is 0 Å². The molecule has 1 unspecified atom stereocenters. The molecule has 0 saturated heterocycles. The molecule has 1 N–H and O–H groups in total. The molecular formula is C13H18N4O. The molecule has 0 fully saturated rings. The molecule has 1 aromatic carbocycles. The van der Waals surface area contributed by atoms with Gasteiger partial charge in [0, 0.05) is 11.5 Å². The summed E-state index contributed by atoms with van der Waals surface area (Å²) in [6.07, 6.45) is 2.45. The summed E-state index contributed by atoms with van der Waals surface area (Å²) in [6, 6.07) is 9.05. The summed E-state index contributed by atoms with van der Waals surface area (Å²) in [7, 11) is 0. The smallest absolute Gasteiger partial charge is 0.229 e. The third kappa shape index (κ3) is 4.89. The van der Waals surface area contributed by atoms with Crippen LogP contribution in [0.25, 0.3) is 10.4 Å². The molecule has 18 heavy (non-hydrogen) atoms. The number of carbonyl (C=O) groups excluding carboxylic acids is 1. The molecule has 0 heterocycles. The molecule has 0 bridgehead atoms. The number of carbonyl (C=O) groups is 1. The van der Waals surface area contributed by atoms with Gasteiger partial charge in [-0.05, 0) is 17.5 Å². The number of amides is 1. The number of azide groups is 1. The molecule has 0 spiro atoms. The Labute approximate surface area is 107 Å². The van der Waals surface area contributed by atoms with E-state index >= 15 is 0 Å². The van der Waals surface area contributed by atoms with Gasteiger partial charge in [0.1, 0.15) is 6.04 Å². The van der Waals surface area contributed by atoms with Gasteiger partial charge in [0.2, 0.25) is 5.91 Å². The van der Waals surface area contributed by atoms with Crippen LogP contribution in [0.2, 0.25) is 0 Å². The highest BCUT2D eigenvalue weighted by Crippen LogP contribution is 2.06. The van der Waals surface area contributed by atoms with Gasteiger partial charge in [-0.2, -0.15) is 0 Å². The maximum atomic E-state index is 11.8. The van der Waals surface area contributed by atoms with E-state index in [0.29, 0.717) is 13.0 Å². The zero-order valence-electron chi connectivity index (χ0n) is 10.5. The molecule has 0 aliphatic carbocycles. The first kappa shape index (κ1) is 14.1. The first-order valence-electron chi connectivity index (χ1n) is 6.13. The van der Waals surface area contributed by atoms with Crippen molar-refractivity contribution in [3.8, 4) is 0 Å². The number of benzene rings is 1. The Morgan fingerprint density at radius 2 is 2.17 bits per heavy atom. The maximum absolute atomic E-state index is 11.8. The summed E-state index contributed by atoms with van der Waals surface area (Å²) in [5, 5.41) is 6.33. The Kier molecular flexibility index (Phi) is 6.36. The van der Waals surface area contributed by atoms with Crippen LogP contribution in [0.15, 0.2) is 35.4 Å². The minimum Gasteiger partial charge on any atom is -0.352 e. The van der Waals surface area contributed by atoms with Crippen LogP contribution >= 0.6 is 0 Å². The Morgan fingerprint density at radius 3 is 2.78 bits per heavy atom. The second-order valence-corrected chi connectivity index (χ2v) is 4.07. The van der Waals surface area contributed by atoms with E-state index in [2.05, 4.69) is 15.3 Å². The molecule has 5 nitrogen and oxygen atoms in total. The van der Waals surface area contributed by atoms with Crippen molar-refractivity contribution in [2.75, 3.05) is 0 Å². The van der Waals surface area contributed by atoms with Crippen LogP contribution in [0.1, 0.15) is 31.7 Å². The Morgan fingerprint density at radius 1 is 1.44 bits per heavy atom. The van der Waals surface area contributed by atoms with E-state index < -0.39 is 6.04 Å². The summed E-state index contributed by atoms with van der Waals surface area (Å²) in [5.41, 5.74) is 9.48.